The van der Waals surface area contributed by atoms with Crippen LogP contribution in [0, 0.1) is 0 Å². The SMILES string of the molecule is CCc1ccc(C2(CC(C)=O)CCC2)cc1. The molecule has 16 heavy (non-hydrogen) atoms. The van der Waals surface area contributed by atoms with Gasteiger partial charge in [0, 0.05) is 11.8 Å². The van der Waals surface area contributed by atoms with Gasteiger partial charge < -0.3 is 0 Å². The molecule has 0 N–H and O–H groups in total. The zero-order chi connectivity index (χ0) is 11.6. The Morgan fingerprint density at radius 3 is 2.25 bits per heavy atom. The van der Waals surface area contributed by atoms with Crippen molar-refractivity contribution in [3.8, 4) is 0 Å². The topological polar surface area (TPSA) is 17.1 Å². The monoisotopic (exact) mass is 216 g/mol. The number of ketones is 1. The molecular weight excluding hydrogens is 196 g/mol. The maximum atomic E-state index is 11.3. The minimum Gasteiger partial charge on any atom is -0.300 e. The van der Waals surface area contributed by atoms with Crippen LogP contribution in [0.3, 0.4) is 0 Å². The van der Waals surface area contributed by atoms with Gasteiger partial charge in [0.2, 0.25) is 0 Å². The summed E-state index contributed by atoms with van der Waals surface area (Å²) in [7, 11) is 0. The number of hydrogen-bond donors (Lipinski definition) is 0. The fourth-order valence-corrected chi connectivity index (χ4v) is 2.74. The van der Waals surface area contributed by atoms with Gasteiger partial charge in [-0.1, -0.05) is 37.6 Å². The Bertz CT molecular complexity index is 371. The van der Waals surface area contributed by atoms with Crippen molar-refractivity contribution >= 4 is 5.78 Å². The first-order valence-corrected chi connectivity index (χ1v) is 6.25. The Labute approximate surface area is 97.9 Å². The number of rotatable bonds is 4. The molecule has 0 amide bonds. The molecule has 86 valence electrons. The van der Waals surface area contributed by atoms with Crippen molar-refractivity contribution in [3.05, 3.63) is 35.4 Å². The number of benzene rings is 1. The third-order valence-electron chi connectivity index (χ3n) is 3.87. The van der Waals surface area contributed by atoms with Crippen LogP contribution in [0.25, 0.3) is 0 Å². The van der Waals surface area contributed by atoms with E-state index < -0.39 is 0 Å². The second-order valence-electron chi connectivity index (χ2n) is 5.06. The fraction of sp³-hybridized carbons (Fsp3) is 0.533. The first-order valence-electron chi connectivity index (χ1n) is 6.25. The second kappa shape index (κ2) is 4.40. The summed E-state index contributed by atoms with van der Waals surface area (Å²) in [5.41, 5.74) is 2.92. The van der Waals surface area contributed by atoms with E-state index >= 15 is 0 Å². The van der Waals surface area contributed by atoms with Gasteiger partial charge in [0.25, 0.3) is 0 Å². The molecule has 0 radical (unpaired) electrons. The number of carbonyl (C=O) groups is 1. The zero-order valence-corrected chi connectivity index (χ0v) is 10.3. The Balaban J connectivity index is 2.22. The summed E-state index contributed by atoms with van der Waals surface area (Å²) in [6, 6.07) is 8.85. The lowest BCUT2D eigenvalue weighted by Gasteiger charge is -2.42. The Hall–Kier alpha value is -1.11. The molecule has 1 aromatic rings. The number of hydrogen-bond acceptors (Lipinski definition) is 1. The van der Waals surface area contributed by atoms with Gasteiger partial charge >= 0.3 is 0 Å². The molecule has 1 fully saturated rings. The average molecular weight is 216 g/mol. The maximum absolute atomic E-state index is 11.3. The van der Waals surface area contributed by atoms with Crippen molar-refractivity contribution in [2.75, 3.05) is 0 Å². The molecule has 1 heteroatoms. The molecule has 0 aliphatic heterocycles. The summed E-state index contributed by atoms with van der Waals surface area (Å²) in [6.45, 7) is 3.88. The van der Waals surface area contributed by atoms with Gasteiger partial charge in [-0.05, 0) is 37.3 Å². The zero-order valence-electron chi connectivity index (χ0n) is 10.3. The van der Waals surface area contributed by atoms with E-state index in [2.05, 4.69) is 31.2 Å². The Kier molecular flexibility index (Phi) is 3.13. The van der Waals surface area contributed by atoms with Crippen LogP contribution in [0.15, 0.2) is 24.3 Å². The number of Topliss-reactive ketones (excluding diaryl/α,β-unsaturated/α-hetero) is 1. The molecule has 0 aromatic heterocycles. The summed E-state index contributed by atoms with van der Waals surface area (Å²) >= 11 is 0. The predicted molar refractivity (Wildman–Crippen MR) is 66.6 cm³/mol. The van der Waals surface area contributed by atoms with E-state index in [-0.39, 0.29) is 5.41 Å². The molecule has 1 nitrogen and oxygen atoms in total. The standard InChI is InChI=1S/C15H20O/c1-3-13-5-7-14(8-6-13)15(9-4-10-15)11-12(2)16/h5-8H,3-4,9-11H2,1-2H3. The molecule has 0 saturated heterocycles. The number of aryl methyl sites for hydroxylation is 1. The molecule has 2 rings (SSSR count). The van der Waals surface area contributed by atoms with Gasteiger partial charge in [-0.3, -0.25) is 4.79 Å². The van der Waals surface area contributed by atoms with E-state index in [4.69, 9.17) is 0 Å². The highest BCUT2D eigenvalue weighted by atomic mass is 16.1. The molecule has 0 unspecified atom stereocenters. The summed E-state index contributed by atoms with van der Waals surface area (Å²) in [5, 5.41) is 0. The van der Waals surface area contributed by atoms with Crippen molar-refractivity contribution in [2.45, 2.75) is 51.4 Å². The second-order valence-corrected chi connectivity index (χ2v) is 5.06. The molecule has 1 aliphatic carbocycles. The van der Waals surface area contributed by atoms with Crippen LogP contribution < -0.4 is 0 Å². The quantitative estimate of drug-likeness (QED) is 0.750. The maximum Gasteiger partial charge on any atom is 0.130 e. The lowest BCUT2D eigenvalue weighted by molar-refractivity contribution is -0.119. The van der Waals surface area contributed by atoms with Crippen molar-refractivity contribution in [2.24, 2.45) is 0 Å². The highest BCUT2D eigenvalue weighted by Crippen LogP contribution is 2.46. The van der Waals surface area contributed by atoms with E-state index in [1.165, 1.54) is 30.4 Å². The lowest BCUT2D eigenvalue weighted by Crippen LogP contribution is -2.36. The molecule has 0 spiro atoms. The predicted octanol–water partition coefficient (Wildman–Crippen LogP) is 3.65. The van der Waals surface area contributed by atoms with Crippen molar-refractivity contribution < 1.29 is 4.79 Å². The summed E-state index contributed by atoms with van der Waals surface area (Å²) in [6.07, 6.45) is 5.43. The minimum absolute atomic E-state index is 0.179. The smallest absolute Gasteiger partial charge is 0.130 e. The highest BCUT2D eigenvalue weighted by molar-refractivity contribution is 5.77. The van der Waals surface area contributed by atoms with Crippen LogP contribution in [-0.2, 0) is 16.6 Å². The Morgan fingerprint density at radius 2 is 1.88 bits per heavy atom. The highest BCUT2D eigenvalue weighted by Gasteiger charge is 2.39. The van der Waals surface area contributed by atoms with Gasteiger partial charge in [-0.15, -0.1) is 0 Å². The molecular formula is C15H20O. The van der Waals surface area contributed by atoms with Crippen molar-refractivity contribution in [1.29, 1.82) is 0 Å². The van der Waals surface area contributed by atoms with Gasteiger partial charge in [0.1, 0.15) is 5.78 Å². The first-order chi connectivity index (χ1) is 7.66. The van der Waals surface area contributed by atoms with Crippen LogP contribution in [-0.4, -0.2) is 5.78 Å². The van der Waals surface area contributed by atoms with E-state index in [1.807, 2.05) is 0 Å². The van der Waals surface area contributed by atoms with Crippen LogP contribution in [0.2, 0.25) is 0 Å². The van der Waals surface area contributed by atoms with Gasteiger partial charge in [-0.2, -0.15) is 0 Å². The summed E-state index contributed by atoms with van der Waals surface area (Å²) in [4.78, 5) is 11.3. The third kappa shape index (κ3) is 2.04. The molecule has 0 atom stereocenters. The van der Waals surface area contributed by atoms with Gasteiger partial charge in [0.15, 0.2) is 0 Å². The third-order valence-corrected chi connectivity index (χ3v) is 3.87. The van der Waals surface area contributed by atoms with Crippen molar-refractivity contribution in [3.63, 3.8) is 0 Å². The average Bonchev–Trinajstić information content (AvgIpc) is 2.23. The van der Waals surface area contributed by atoms with Crippen LogP contribution >= 0.6 is 0 Å². The van der Waals surface area contributed by atoms with Crippen molar-refractivity contribution in [1.82, 2.24) is 0 Å². The lowest BCUT2D eigenvalue weighted by atomic mass is 9.62. The van der Waals surface area contributed by atoms with Crippen LogP contribution in [0.1, 0.15) is 50.7 Å². The molecule has 0 heterocycles. The van der Waals surface area contributed by atoms with E-state index in [0.29, 0.717) is 5.78 Å². The van der Waals surface area contributed by atoms with Crippen LogP contribution in [0.5, 0.6) is 0 Å². The summed E-state index contributed by atoms with van der Waals surface area (Å²) < 4.78 is 0. The molecule has 1 saturated carbocycles. The minimum atomic E-state index is 0.179. The summed E-state index contributed by atoms with van der Waals surface area (Å²) in [5.74, 6) is 0.319. The van der Waals surface area contributed by atoms with E-state index in [1.54, 1.807) is 6.92 Å². The fourth-order valence-electron chi connectivity index (χ4n) is 2.74. The first kappa shape index (κ1) is 11.4. The largest absolute Gasteiger partial charge is 0.300 e. The van der Waals surface area contributed by atoms with E-state index in [0.717, 1.165) is 12.8 Å². The number of carbonyl (C=O) groups excluding carboxylic acids is 1. The van der Waals surface area contributed by atoms with Gasteiger partial charge in [0.05, 0.1) is 0 Å². The molecule has 1 aliphatic rings. The molecule has 1 aromatic carbocycles. The Morgan fingerprint density at radius 1 is 1.25 bits per heavy atom. The normalized spacial score (nSPS) is 17.9. The van der Waals surface area contributed by atoms with E-state index in [9.17, 15) is 4.79 Å². The van der Waals surface area contributed by atoms with Gasteiger partial charge in [-0.25, -0.2) is 0 Å². The van der Waals surface area contributed by atoms with Crippen LogP contribution in [0.4, 0.5) is 0 Å². The molecule has 0 bridgehead atoms.